The molecule has 0 radical (unpaired) electrons. The van der Waals surface area contributed by atoms with Crippen LogP contribution in [0.2, 0.25) is 0 Å². The topological polar surface area (TPSA) is 68.8 Å². The van der Waals surface area contributed by atoms with Gasteiger partial charge in [-0.3, -0.25) is 9.67 Å². The Balaban J connectivity index is 1.92. The van der Waals surface area contributed by atoms with E-state index < -0.39 is 0 Å². The number of anilines is 2. The summed E-state index contributed by atoms with van der Waals surface area (Å²) >= 11 is 0. The van der Waals surface area contributed by atoms with E-state index in [1.54, 1.807) is 6.20 Å². The van der Waals surface area contributed by atoms with Crippen LogP contribution in [0.25, 0.3) is 10.9 Å². The number of nitrogens with one attached hydrogen (secondary N) is 1. The number of hydrogen-bond acceptors (Lipinski definition) is 4. The molecule has 0 aliphatic heterocycles. The summed E-state index contributed by atoms with van der Waals surface area (Å²) in [5, 5.41) is 8.72. The minimum Gasteiger partial charge on any atom is -0.397 e. The molecule has 0 fully saturated rings. The maximum absolute atomic E-state index is 5.96. The zero-order chi connectivity index (χ0) is 14.1. The minimum absolute atomic E-state index is 0.698. The van der Waals surface area contributed by atoms with Crippen molar-refractivity contribution in [3.63, 3.8) is 0 Å². The quantitative estimate of drug-likeness (QED) is 0.715. The van der Waals surface area contributed by atoms with Gasteiger partial charge in [0.25, 0.3) is 0 Å². The molecule has 2 heterocycles. The predicted octanol–water partition coefficient (Wildman–Crippen LogP) is 2.47. The van der Waals surface area contributed by atoms with Gasteiger partial charge >= 0.3 is 0 Å². The van der Waals surface area contributed by atoms with Gasteiger partial charge in [0.2, 0.25) is 0 Å². The number of nitrogens with zero attached hydrogens (tertiary/aromatic N) is 3. The zero-order valence-electron chi connectivity index (χ0n) is 11.6. The SMILES string of the molecule is Cc1c(CNc2ccc(N)c3ncccc23)cnn1C. The molecule has 5 heteroatoms. The molecule has 0 aliphatic carbocycles. The highest BCUT2D eigenvalue weighted by Gasteiger charge is 2.07. The van der Waals surface area contributed by atoms with E-state index >= 15 is 0 Å². The first-order chi connectivity index (χ1) is 9.66. The Bertz CT molecular complexity index is 760. The number of aromatic nitrogens is 3. The lowest BCUT2D eigenvalue weighted by Crippen LogP contribution is -2.02. The van der Waals surface area contributed by atoms with Gasteiger partial charge in [-0.25, -0.2) is 0 Å². The molecule has 0 aliphatic rings. The Labute approximate surface area is 117 Å². The number of nitrogen functional groups attached to an aromatic ring is 1. The van der Waals surface area contributed by atoms with E-state index in [4.69, 9.17) is 5.73 Å². The van der Waals surface area contributed by atoms with E-state index in [-0.39, 0.29) is 0 Å². The molecule has 1 aromatic carbocycles. The Morgan fingerprint density at radius 3 is 2.90 bits per heavy atom. The lowest BCUT2D eigenvalue weighted by Gasteiger charge is -2.10. The molecule has 20 heavy (non-hydrogen) atoms. The molecule has 0 spiro atoms. The number of fused-ring (bicyclic) bond motifs is 1. The van der Waals surface area contributed by atoms with Crippen molar-refractivity contribution in [2.75, 3.05) is 11.1 Å². The molecular formula is C15H17N5. The second kappa shape index (κ2) is 4.85. The van der Waals surface area contributed by atoms with Crippen LogP contribution >= 0.6 is 0 Å². The Hall–Kier alpha value is -2.56. The Morgan fingerprint density at radius 1 is 1.30 bits per heavy atom. The molecule has 0 saturated heterocycles. The van der Waals surface area contributed by atoms with Crippen molar-refractivity contribution in [3.8, 4) is 0 Å². The highest BCUT2D eigenvalue weighted by atomic mass is 15.3. The zero-order valence-corrected chi connectivity index (χ0v) is 11.6. The summed E-state index contributed by atoms with van der Waals surface area (Å²) < 4.78 is 1.87. The van der Waals surface area contributed by atoms with Crippen LogP contribution in [-0.4, -0.2) is 14.8 Å². The summed E-state index contributed by atoms with van der Waals surface area (Å²) in [7, 11) is 1.95. The van der Waals surface area contributed by atoms with Gasteiger partial charge in [-0.15, -0.1) is 0 Å². The van der Waals surface area contributed by atoms with E-state index in [0.717, 1.165) is 28.8 Å². The minimum atomic E-state index is 0.698. The molecule has 3 aromatic rings. The van der Waals surface area contributed by atoms with Crippen molar-refractivity contribution in [1.82, 2.24) is 14.8 Å². The summed E-state index contributed by atoms with van der Waals surface area (Å²) in [6.07, 6.45) is 3.65. The van der Waals surface area contributed by atoms with Gasteiger partial charge in [-0.05, 0) is 31.2 Å². The molecule has 0 saturated carbocycles. The Morgan fingerprint density at radius 2 is 2.15 bits per heavy atom. The molecule has 102 valence electrons. The molecule has 0 amide bonds. The average Bonchev–Trinajstić information content (AvgIpc) is 2.79. The molecule has 3 N–H and O–H groups in total. The van der Waals surface area contributed by atoms with Crippen LogP contribution in [0, 0.1) is 6.92 Å². The van der Waals surface area contributed by atoms with Crippen molar-refractivity contribution in [2.24, 2.45) is 7.05 Å². The lowest BCUT2D eigenvalue weighted by atomic mass is 10.1. The van der Waals surface area contributed by atoms with Crippen molar-refractivity contribution in [3.05, 3.63) is 47.9 Å². The highest BCUT2D eigenvalue weighted by molar-refractivity contribution is 5.98. The van der Waals surface area contributed by atoms with Gasteiger partial charge in [0.1, 0.15) is 0 Å². The fourth-order valence-electron chi connectivity index (χ4n) is 2.26. The maximum Gasteiger partial charge on any atom is 0.0951 e. The van der Waals surface area contributed by atoms with Crippen molar-refractivity contribution in [1.29, 1.82) is 0 Å². The van der Waals surface area contributed by atoms with Crippen molar-refractivity contribution >= 4 is 22.3 Å². The predicted molar refractivity (Wildman–Crippen MR) is 81.4 cm³/mol. The van der Waals surface area contributed by atoms with Gasteiger partial charge in [-0.2, -0.15) is 5.10 Å². The van der Waals surface area contributed by atoms with E-state index in [2.05, 4.69) is 22.3 Å². The third-order valence-electron chi connectivity index (χ3n) is 3.61. The van der Waals surface area contributed by atoms with Crippen molar-refractivity contribution in [2.45, 2.75) is 13.5 Å². The second-order valence-electron chi connectivity index (χ2n) is 4.83. The van der Waals surface area contributed by atoms with E-state index in [0.29, 0.717) is 5.69 Å². The largest absolute Gasteiger partial charge is 0.397 e. The molecule has 0 bridgehead atoms. The molecule has 2 aromatic heterocycles. The van der Waals surface area contributed by atoms with Gasteiger partial charge in [0.05, 0.1) is 17.4 Å². The van der Waals surface area contributed by atoms with Crippen LogP contribution in [-0.2, 0) is 13.6 Å². The van der Waals surface area contributed by atoms with Gasteiger partial charge in [-0.1, -0.05) is 0 Å². The number of hydrogen-bond donors (Lipinski definition) is 2. The molecule has 0 atom stereocenters. The molecule has 0 unspecified atom stereocenters. The highest BCUT2D eigenvalue weighted by Crippen LogP contribution is 2.26. The lowest BCUT2D eigenvalue weighted by molar-refractivity contribution is 0.738. The number of nitrogens with two attached hydrogens (primary N) is 1. The van der Waals surface area contributed by atoms with Gasteiger partial charge < -0.3 is 11.1 Å². The average molecular weight is 267 g/mol. The smallest absolute Gasteiger partial charge is 0.0951 e. The van der Waals surface area contributed by atoms with E-state index in [1.807, 2.05) is 42.2 Å². The molecule has 5 nitrogen and oxygen atoms in total. The van der Waals surface area contributed by atoms with Crippen LogP contribution in [0.3, 0.4) is 0 Å². The summed E-state index contributed by atoms with van der Waals surface area (Å²) in [5.74, 6) is 0. The maximum atomic E-state index is 5.96. The third-order valence-corrected chi connectivity index (χ3v) is 3.61. The summed E-state index contributed by atoms with van der Waals surface area (Å²) in [6.45, 7) is 2.79. The summed E-state index contributed by atoms with van der Waals surface area (Å²) in [5.41, 5.74) is 10.9. The van der Waals surface area contributed by atoms with Crippen LogP contribution in [0.5, 0.6) is 0 Å². The number of benzene rings is 1. The number of pyridine rings is 1. The van der Waals surface area contributed by atoms with Crippen LogP contribution in [0.15, 0.2) is 36.7 Å². The Kier molecular flexibility index (Phi) is 3.02. The van der Waals surface area contributed by atoms with Crippen LogP contribution in [0.4, 0.5) is 11.4 Å². The van der Waals surface area contributed by atoms with Gasteiger partial charge in [0, 0.05) is 42.1 Å². The normalized spacial score (nSPS) is 10.9. The summed E-state index contributed by atoms with van der Waals surface area (Å²) in [4.78, 5) is 4.34. The van der Waals surface area contributed by atoms with Crippen molar-refractivity contribution < 1.29 is 0 Å². The number of rotatable bonds is 3. The van der Waals surface area contributed by atoms with Gasteiger partial charge in [0.15, 0.2) is 0 Å². The molecule has 3 rings (SSSR count). The molecular weight excluding hydrogens is 250 g/mol. The van der Waals surface area contributed by atoms with Crippen LogP contribution < -0.4 is 11.1 Å². The third kappa shape index (κ3) is 2.07. The first kappa shape index (κ1) is 12.5. The number of aryl methyl sites for hydroxylation is 1. The monoisotopic (exact) mass is 267 g/mol. The second-order valence-corrected chi connectivity index (χ2v) is 4.83. The standard InChI is InChI=1S/C15H17N5/c1-10-11(9-19-20(10)2)8-18-14-6-5-13(16)15-12(14)4-3-7-17-15/h3-7,9,18H,8,16H2,1-2H3. The fraction of sp³-hybridized carbons (Fsp3) is 0.200. The fourth-order valence-corrected chi connectivity index (χ4v) is 2.26. The van der Waals surface area contributed by atoms with E-state index in [9.17, 15) is 0 Å². The summed E-state index contributed by atoms with van der Waals surface area (Å²) in [6, 6.07) is 7.82. The first-order valence-electron chi connectivity index (χ1n) is 6.51. The van der Waals surface area contributed by atoms with E-state index in [1.165, 1.54) is 5.56 Å². The first-order valence-corrected chi connectivity index (χ1v) is 6.51. The van der Waals surface area contributed by atoms with Crippen LogP contribution in [0.1, 0.15) is 11.3 Å².